The highest BCUT2D eigenvalue weighted by Gasteiger charge is 2.27. The minimum absolute atomic E-state index is 0.122. The van der Waals surface area contributed by atoms with Gasteiger partial charge in [-0.05, 0) is 18.9 Å². The highest BCUT2D eigenvalue weighted by Crippen LogP contribution is 2.30. The average molecular weight is 342 g/mol. The molecule has 2 aromatic heterocycles. The summed E-state index contributed by atoms with van der Waals surface area (Å²) in [6, 6.07) is 1.76. The van der Waals surface area contributed by atoms with Crippen LogP contribution >= 0.6 is 0 Å². The van der Waals surface area contributed by atoms with Gasteiger partial charge in [0.15, 0.2) is 5.82 Å². The van der Waals surface area contributed by atoms with Crippen LogP contribution in [0.2, 0.25) is 0 Å². The second-order valence-electron chi connectivity index (χ2n) is 5.91. The van der Waals surface area contributed by atoms with Crippen LogP contribution in [0.4, 0.5) is 11.8 Å². The largest absolute Gasteiger partial charge is 0.384 e. The van der Waals surface area contributed by atoms with E-state index >= 15 is 0 Å². The van der Waals surface area contributed by atoms with Crippen molar-refractivity contribution in [2.45, 2.75) is 25.2 Å². The fraction of sp³-hybridized carbons (Fsp3) is 0.471. The van der Waals surface area contributed by atoms with E-state index in [9.17, 15) is 4.79 Å². The number of likely N-dealkylation sites (tertiary alicyclic amines) is 1. The van der Waals surface area contributed by atoms with Crippen molar-refractivity contribution < 1.29 is 9.53 Å². The van der Waals surface area contributed by atoms with E-state index in [1.807, 2.05) is 4.90 Å². The van der Waals surface area contributed by atoms with Crippen LogP contribution in [-0.4, -0.2) is 57.5 Å². The number of amides is 1. The summed E-state index contributed by atoms with van der Waals surface area (Å²) in [6.45, 7) is 1.87. The van der Waals surface area contributed by atoms with Crippen LogP contribution in [0.25, 0.3) is 0 Å². The Morgan fingerprint density at radius 1 is 1.24 bits per heavy atom. The molecule has 25 heavy (non-hydrogen) atoms. The van der Waals surface area contributed by atoms with E-state index in [1.165, 1.54) is 0 Å². The van der Waals surface area contributed by atoms with E-state index in [0.29, 0.717) is 31.3 Å². The number of nitrogens with zero attached hydrogens (tertiary/aromatic N) is 5. The molecule has 0 unspecified atom stereocenters. The van der Waals surface area contributed by atoms with Gasteiger partial charge in [0.2, 0.25) is 11.9 Å². The summed E-state index contributed by atoms with van der Waals surface area (Å²) in [7, 11) is 1.61. The minimum atomic E-state index is 0.122. The number of anilines is 2. The first-order valence-corrected chi connectivity index (χ1v) is 8.39. The van der Waals surface area contributed by atoms with E-state index in [4.69, 9.17) is 4.74 Å². The van der Waals surface area contributed by atoms with Gasteiger partial charge in [-0.3, -0.25) is 9.78 Å². The first-order valence-electron chi connectivity index (χ1n) is 8.39. The number of hydrogen-bond acceptors (Lipinski definition) is 7. The van der Waals surface area contributed by atoms with Crippen LogP contribution < -0.4 is 5.32 Å². The van der Waals surface area contributed by atoms with E-state index < -0.39 is 0 Å². The lowest BCUT2D eigenvalue weighted by Crippen LogP contribution is -2.39. The zero-order valence-electron chi connectivity index (χ0n) is 14.3. The van der Waals surface area contributed by atoms with Gasteiger partial charge in [0, 0.05) is 50.9 Å². The molecule has 0 aromatic carbocycles. The van der Waals surface area contributed by atoms with Crippen LogP contribution in [0.1, 0.15) is 30.9 Å². The summed E-state index contributed by atoms with van der Waals surface area (Å²) in [5.41, 5.74) is 0.846. The number of piperidine rings is 1. The quantitative estimate of drug-likeness (QED) is 0.855. The van der Waals surface area contributed by atoms with Crippen LogP contribution in [0.5, 0.6) is 0 Å². The van der Waals surface area contributed by atoms with Crippen LogP contribution in [-0.2, 0) is 9.53 Å². The molecule has 1 atom stereocenters. The van der Waals surface area contributed by atoms with Gasteiger partial charge in [0.25, 0.3) is 0 Å². The molecule has 1 saturated heterocycles. The Kier molecular flexibility index (Phi) is 5.84. The molecule has 3 rings (SSSR count). The maximum absolute atomic E-state index is 12.3. The van der Waals surface area contributed by atoms with Crippen molar-refractivity contribution in [2.24, 2.45) is 0 Å². The van der Waals surface area contributed by atoms with Crippen LogP contribution in [0.3, 0.4) is 0 Å². The Balaban J connectivity index is 1.74. The van der Waals surface area contributed by atoms with Gasteiger partial charge in [-0.2, -0.15) is 0 Å². The number of nitrogens with one attached hydrogen (secondary N) is 1. The molecule has 0 spiro atoms. The third kappa shape index (κ3) is 4.48. The van der Waals surface area contributed by atoms with Gasteiger partial charge in [-0.15, -0.1) is 0 Å². The normalized spacial score (nSPS) is 17.3. The lowest BCUT2D eigenvalue weighted by molar-refractivity contribution is -0.133. The smallest absolute Gasteiger partial charge is 0.228 e. The molecule has 0 bridgehead atoms. The molecule has 1 aliphatic rings. The Hall–Kier alpha value is -2.61. The highest BCUT2D eigenvalue weighted by atomic mass is 16.5. The van der Waals surface area contributed by atoms with E-state index in [0.717, 1.165) is 25.1 Å². The molecule has 1 aliphatic heterocycles. The van der Waals surface area contributed by atoms with Crippen molar-refractivity contribution in [2.75, 3.05) is 32.1 Å². The molecule has 0 radical (unpaired) electrons. The van der Waals surface area contributed by atoms with Crippen molar-refractivity contribution in [3.8, 4) is 0 Å². The zero-order chi connectivity index (χ0) is 17.5. The second-order valence-corrected chi connectivity index (χ2v) is 5.91. The van der Waals surface area contributed by atoms with Gasteiger partial charge in [0.05, 0.1) is 18.7 Å². The summed E-state index contributed by atoms with van der Waals surface area (Å²) in [4.78, 5) is 31.4. The van der Waals surface area contributed by atoms with E-state index in [2.05, 4.69) is 25.3 Å². The molecule has 0 saturated carbocycles. The highest BCUT2D eigenvalue weighted by molar-refractivity contribution is 5.76. The van der Waals surface area contributed by atoms with Crippen molar-refractivity contribution in [3.63, 3.8) is 0 Å². The van der Waals surface area contributed by atoms with Gasteiger partial charge in [0.1, 0.15) is 0 Å². The monoisotopic (exact) mass is 342 g/mol. The standard InChI is InChI=1S/C17H22N6O2/c1-25-11-5-14(24)23-10-2-4-13(12-23)15-16(19-9-8-18-15)22-17-20-6-3-7-21-17/h3,6-9,13H,2,4-5,10-12H2,1H3,(H,19,20,21,22)/t13-/m0/s1. The third-order valence-corrected chi connectivity index (χ3v) is 4.20. The predicted molar refractivity (Wildman–Crippen MR) is 92.4 cm³/mol. The van der Waals surface area contributed by atoms with Crippen molar-refractivity contribution in [1.29, 1.82) is 0 Å². The molecular formula is C17H22N6O2. The molecule has 132 valence electrons. The third-order valence-electron chi connectivity index (χ3n) is 4.20. The van der Waals surface area contributed by atoms with Gasteiger partial charge in [-0.25, -0.2) is 15.0 Å². The molecule has 1 fully saturated rings. The molecule has 8 heteroatoms. The van der Waals surface area contributed by atoms with Crippen LogP contribution in [0, 0.1) is 0 Å². The number of carbonyl (C=O) groups is 1. The fourth-order valence-electron chi connectivity index (χ4n) is 2.99. The Morgan fingerprint density at radius 2 is 2.04 bits per heavy atom. The fourth-order valence-corrected chi connectivity index (χ4v) is 2.99. The summed E-state index contributed by atoms with van der Waals surface area (Å²) in [5.74, 6) is 1.38. The SMILES string of the molecule is COCCC(=O)N1CCC[C@H](c2nccnc2Nc2ncccn2)C1. The molecule has 2 aromatic rings. The maximum atomic E-state index is 12.3. The lowest BCUT2D eigenvalue weighted by Gasteiger charge is -2.33. The number of hydrogen-bond donors (Lipinski definition) is 1. The van der Waals surface area contributed by atoms with Crippen LogP contribution in [0.15, 0.2) is 30.9 Å². The van der Waals surface area contributed by atoms with Gasteiger partial charge < -0.3 is 15.0 Å². The maximum Gasteiger partial charge on any atom is 0.228 e. The Morgan fingerprint density at radius 3 is 2.84 bits per heavy atom. The van der Waals surface area contributed by atoms with Crippen molar-refractivity contribution in [1.82, 2.24) is 24.8 Å². The molecule has 3 heterocycles. The van der Waals surface area contributed by atoms with Crippen molar-refractivity contribution in [3.05, 3.63) is 36.5 Å². The summed E-state index contributed by atoms with van der Waals surface area (Å²) >= 11 is 0. The molecule has 1 N–H and O–H groups in total. The molecule has 1 amide bonds. The summed E-state index contributed by atoms with van der Waals surface area (Å²) in [5, 5.41) is 3.13. The first-order chi connectivity index (χ1) is 12.3. The van der Waals surface area contributed by atoms with E-state index in [1.54, 1.807) is 38.0 Å². The molecule has 8 nitrogen and oxygen atoms in total. The first kappa shape index (κ1) is 17.2. The second kappa shape index (κ2) is 8.48. The topological polar surface area (TPSA) is 93.1 Å². The number of methoxy groups -OCH3 is 1. The summed E-state index contributed by atoms with van der Waals surface area (Å²) < 4.78 is 5.01. The van der Waals surface area contributed by atoms with E-state index in [-0.39, 0.29) is 11.8 Å². The number of aromatic nitrogens is 4. The van der Waals surface area contributed by atoms with Crippen molar-refractivity contribution >= 4 is 17.7 Å². The number of ether oxygens (including phenoxy) is 1. The Bertz CT molecular complexity index is 697. The van der Waals surface area contributed by atoms with Gasteiger partial charge >= 0.3 is 0 Å². The number of rotatable bonds is 6. The Labute approximate surface area is 146 Å². The lowest BCUT2D eigenvalue weighted by atomic mass is 9.94. The molecular weight excluding hydrogens is 320 g/mol. The summed E-state index contributed by atoms with van der Waals surface area (Å²) in [6.07, 6.45) is 8.98. The minimum Gasteiger partial charge on any atom is -0.384 e. The average Bonchev–Trinajstić information content (AvgIpc) is 2.67. The zero-order valence-corrected chi connectivity index (χ0v) is 14.3. The number of carbonyl (C=O) groups excluding carboxylic acids is 1. The molecule has 0 aliphatic carbocycles. The van der Waals surface area contributed by atoms with Gasteiger partial charge in [-0.1, -0.05) is 0 Å². The predicted octanol–water partition coefficient (Wildman–Crippen LogP) is 1.75.